The Bertz CT molecular complexity index is 671. The lowest BCUT2D eigenvalue weighted by atomic mass is 10.2. The van der Waals surface area contributed by atoms with Crippen LogP contribution < -0.4 is 15.4 Å². The zero-order valence-electron chi connectivity index (χ0n) is 12.2. The topological polar surface area (TPSA) is 50.4 Å². The van der Waals surface area contributed by atoms with Crippen LogP contribution in [0.3, 0.4) is 0 Å². The Morgan fingerprint density at radius 3 is 2.48 bits per heavy atom. The van der Waals surface area contributed by atoms with Gasteiger partial charge >= 0.3 is 6.03 Å². The molecule has 0 atom stereocenters. The summed E-state index contributed by atoms with van der Waals surface area (Å²) in [6.07, 6.45) is 0. The lowest BCUT2D eigenvalue weighted by Crippen LogP contribution is -2.20. The van der Waals surface area contributed by atoms with Crippen LogP contribution in [0.25, 0.3) is 0 Å². The maximum Gasteiger partial charge on any atom is 0.323 e. The predicted octanol–water partition coefficient (Wildman–Crippen LogP) is 4.10. The largest absolute Gasteiger partial charge is 0.495 e. The van der Waals surface area contributed by atoms with Gasteiger partial charge in [-0.25, -0.2) is 9.18 Å². The maximum absolute atomic E-state index is 13.2. The molecule has 0 unspecified atom stereocenters. The van der Waals surface area contributed by atoms with Crippen molar-refractivity contribution in [2.24, 2.45) is 0 Å². The standard InChI is InChI=1S/C16H17FN2O2/c1-10-4-7-15(21-3)14(8-10)19-16(20)18-13-9-12(17)6-5-11(13)2/h4-9H,1-3H3,(H2,18,19,20). The second-order valence-electron chi connectivity index (χ2n) is 4.74. The van der Waals surface area contributed by atoms with Gasteiger partial charge in [-0.1, -0.05) is 12.1 Å². The summed E-state index contributed by atoms with van der Waals surface area (Å²) in [4.78, 5) is 12.0. The number of rotatable bonds is 3. The second-order valence-corrected chi connectivity index (χ2v) is 4.74. The molecule has 0 aliphatic carbocycles. The van der Waals surface area contributed by atoms with Gasteiger partial charge in [-0.15, -0.1) is 0 Å². The van der Waals surface area contributed by atoms with Crippen LogP contribution in [0, 0.1) is 19.7 Å². The van der Waals surface area contributed by atoms with Gasteiger partial charge in [0, 0.05) is 5.69 Å². The molecule has 0 saturated carbocycles. The number of urea groups is 1. The molecule has 0 spiro atoms. The molecule has 0 radical (unpaired) electrons. The van der Waals surface area contributed by atoms with E-state index in [1.807, 2.05) is 13.0 Å². The van der Waals surface area contributed by atoms with Crippen molar-refractivity contribution in [1.82, 2.24) is 0 Å². The minimum absolute atomic E-state index is 0.399. The van der Waals surface area contributed by atoms with E-state index in [-0.39, 0.29) is 0 Å². The van der Waals surface area contributed by atoms with Crippen molar-refractivity contribution >= 4 is 17.4 Å². The van der Waals surface area contributed by atoms with Gasteiger partial charge in [0.1, 0.15) is 11.6 Å². The number of halogens is 1. The Morgan fingerprint density at radius 2 is 1.76 bits per heavy atom. The molecule has 0 saturated heterocycles. The molecule has 2 N–H and O–H groups in total. The molecule has 0 heterocycles. The zero-order chi connectivity index (χ0) is 15.4. The summed E-state index contributed by atoms with van der Waals surface area (Å²) < 4.78 is 18.4. The van der Waals surface area contributed by atoms with Crippen molar-refractivity contribution in [3.05, 3.63) is 53.3 Å². The first-order chi connectivity index (χ1) is 9.99. The van der Waals surface area contributed by atoms with Crippen molar-refractivity contribution in [3.8, 4) is 5.75 Å². The Kier molecular flexibility index (Phi) is 4.42. The molecule has 0 aliphatic heterocycles. The fourth-order valence-corrected chi connectivity index (χ4v) is 1.92. The van der Waals surface area contributed by atoms with Crippen molar-refractivity contribution < 1.29 is 13.9 Å². The molecule has 0 fully saturated rings. The number of nitrogens with one attached hydrogen (secondary N) is 2. The summed E-state index contributed by atoms with van der Waals surface area (Å²) in [5.41, 5.74) is 2.76. The van der Waals surface area contributed by atoms with E-state index in [1.165, 1.54) is 19.2 Å². The van der Waals surface area contributed by atoms with Gasteiger partial charge < -0.3 is 15.4 Å². The highest BCUT2D eigenvalue weighted by Gasteiger charge is 2.09. The predicted molar refractivity (Wildman–Crippen MR) is 81.5 cm³/mol. The van der Waals surface area contributed by atoms with E-state index in [2.05, 4.69) is 10.6 Å². The number of carbonyl (C=O) groups excluding carboxylic acids is 1. The quantitative estimate of drug-likeness (QED) is 0.893. The molecule has 0 bridgehead atoms. The smallest absolute Gasteiger partial charge is 0.323 e. The number of benzene rings is 2. The number of aryl methyl sites for hydroxylation is 2. The number of amides is 2. The molecule has 2 aromatic rings. The van der Waals surface area contributed by atoms with Gasteiger partial charge in [0.05, 0.1) is 12.8 Å². The number of hydrogen-bond donors (Lipinski definition) is 2. The van der Waals surface area contributed by atoms with E-state index in [0.717, 1.165) is 11.1 Å². The average Bonchev–Trinajstić information content (AvgIpc) is 2.43. The van der Waals surface area contributed by atoms with Gasteiger partial charge in [0.25, 0.3) is 0 Å². The first-order valence-corrected chi connectivity index (χ1v) is 6.48. The van der Waals surface area contributed by atoms with E-state index < -0.39 is 11.8 Å². The molecule has 2 aromatic carbocycles. The Hall–Kier alpha value is -2.56. The van der Waals surface area contributed by atoms with Gasteiger partial charge in [-0.05, 0) is 49.2 Å². The zero-order valence-corrected chi connectivity index (χ0v) is 12.2. The third-order valence-corrected chi connectivity index (χ3v) is 3.05. The average molecular weight is 288 g/mol. The van der Waals surface area contributed by atoms with Crippen LogP contribution in [0.1, 0.15) is 11.1 Å². The van der Waals surface area contributed by atoms with Crippen LogP contribution in [-0.2, 0) is 0 Å². The van der Waals surface area contributed by atoms with Crippen LogP contribution in [0.2, 0.25) is 0 Å². The van der Waals surface area contributed by atoms with Crippen LogP contribution in [-0.4, -0.2) is 13.1 Å². The number of anilines is 2. The van der Waals surface area contributed by atoms with E-state index in [4.69, 9.17) is 4.74 Å². The lowest BCUT2D eigenvalue weighted by Gasteiger charge is -2.13. The SMILES string of the molecule is COc1ccc(C)cc1NC(=O)Nc1cc(F)ccc1C. The van der Waals surface area contributed by atoms with Crippen molar-refractivity contribution in [1.29, 1.82) is 0 Å². The van der Waals surface area contributed by atoms with Gasteiger partial charge in [-0.3, -0.25) is 0 Å². The Morgan fingerprint density at radius 1 is 1.05 bits per heavy atom. The maximum atomic E-state index is 13.2. The summed E-state index contributed by atoms with van der Waals surface area (Å²) in [5, 5.41) is 5.32. The summed E-state index contributed by atoms with van der Waals surface area (Å²) in [5.74, 6) is 0.163. The van der Waals surface area contributed by atoms with Crippen molar-refractivity contribution in [2.45, 2.75) is 13.8 Å². The molecule has 2 rings (SSSR count). The highest BCUT2D eigenvalue weighted by Crippen LogP contribution is 2.25. The van der Waals surface area contributed by atoms with Gasteiger partial charge in [0.2, 0.25) is 0 Å². The minimum Gasteiger partial charge on any atom is -0.495 e. The molecular formula is C16H17FN2O2. The lowest BCUT2D eigenvalue weighted by molar-refractivity contribution is 0.262. The molecule has 4 nitrogen and oxygen atoms in total. The first kappa shape index (κ1) is 14.8. The molecule has 5 heteroatoms. The number of methoxy groups -OCH3 is 1. The number of hydrogen-bond acceptors (Lipinski definition) is 2. The third kappa shape index (κ3) is 3.72. The number of ether oxygens (including phenoxy) is 1. The van der Waals surface area contributed by atoms with Gasteiger partial charge in [0.15, 0.2) is 0 Å². The summed E-state index contributed by atoms with van der Waals surface area (Å²) >= 11 is 0. The third-order valence-electron chi connectivity index (χ3n) is 3.05. The Balaban J connectivity index is 2.15. The highest BCUT2D eigenvalue weighted by molar-refractivity contribution is 6.01. The normalized spacial score (nSPS) is 10.1. The molecule has 110 valence electrons. The van der Waals surface area contributed by atoms with Crippen LogP contribution in [0.5, 0.6) is 5.75 Å². The molecule has 0 aromatic heterocycles. The molecule has 21 heavy (non-hydrogen) atoms. The minimum atomic E-state index is -0.451. The van der Waals surface area contributed by atoms with E-state index >= 15 is 0 Å². The monoisotopic (exact) mass is 288 g/mol. The summed E-state index contributed by atoms with van der Waals surface area (Å²) in [7, 11) is 1.53. The molecular weight excluding hydrogens is 271 g/mol. The molecule has 2 amide bonds. The van der Waals surface area contributed by atoms with Crippen LogP contribution in [0.15, 0.2) is 36.4 Å². The second kappa shape index (κ2) is 6.26. The van der Waals surface area contributed by atoms with Crippen molar-refractivity contribution in [3.63, 3.8) is 0 Å². The van der Waals surface area contributed by atoms with E-state index in [1.54, 1.807) is 25.1 Å². The summed E-state index contributed by atoms with van der Waals surface area (Å²) in [6.45, 7) is 3.71. The van der Waals surface area contributed by atoms with E-state index in [9.17, 15) is 9.18 Å². The Labute approximate surface area is 122 Å². The van der Waals surface area contributed by atoms with Crippen LogP contribution >= 0.6 is 0 Å². The number of carbonyl (C=O) groups is 1. The van der Waals surface area contributed by atoms with Crippen LogP contribution in [0.4, 0.5) is 20.6 Å². The first-order valence-electron chi connectivity index (χ1n) is 6.48. The molecule has 0 aliphatic rings. The van der Waals surface area contributed by atoms with Gasteiger partial charge in [-0.2, -0.15) is 0 Å². The van der Waals surface area contributed by atoms with E-state index in [0.29, 0.717) is 17.1 Å². The summed E-state index contributed by atoms with van der Waals surface area (Å²) in [6, 6.07) is 9.25. The fraction of sp³-hybridized carbons (Fsp3) is 0.188. The van der Waals surface area contributed by atoms with Crippen molar-refractivity contribution in [2.75, 3.05) is 17.7 Å². The fourth-order valence-electron chi connectivity index (χ4n) is 1.92. The highest BCUT2D eigenvalue weighted by atomic mass is 19.1.